The van der Waals surface area contributed by atoms with Gasteiger partial charge in [0, 0.05) is 24.0 Å². The number of nitrogens with zero attached hydrogens (tertiary/aromatic N) is 1. The van der Waals surface area contributed by atoms with Gasteiger partial charge >= 0.3 is 0 Å². The van der Waals surface area contributed by atoms with E-state index in [1.54, 1.807) is 7.11 Å². The molecule has 0 bridgehead atoms. The van der Waals surface area contributed by atoms with Gasteiger partial charge in [-0.2, -0.15) is 0 Å². The predicted molar refractivity (Wildman–Crippen MR) is 96.3 cm³/mol. The van der Waals surface area contributed by atoms with Gasteiger partial charge in [-0.3, -0.25) is 4.57 Å². The van der Waals surface area contributed by atoms with Crippen LogP contribution in [0.25, 0.3) is 0 Å². The van der Waals surface area contributed by atoms with Crippen molar-refractivity contribution in [3.05, 3.63) is 0 Å². The van der Waals surface area contributed by atoms with E-state index in [-0.39, 0.29) is 10.4 Å². The average Bonchev–Trinajstić information content (AvgIpc) is 2.72. The molecule has 0 aromatic heterocycles. The highest BCUT2D eigenvalue weighted by Crippen LogP contribution is 2.66. The molecule has 20 heavy (non-hydrogen) atoms. The van der Waals surface area contributed by atoms with Crippen molar-refractivity contribution >= 4 is 46.0 Å². The van der Waals surface area contributed by atoms with Crippen molar-refractivity contribution < 1.29 is 13.8 Å². The second-order valence-corrected chi connectivity index (χ2v) is 15.0. The fraction of sp³-hybridized carbons (Fsp3) is 1.00. The van der Waals surface area contributed by atoms with Crippen LogP contribution < -0.4 is 0 Å². The van der Waals surface area contributed by atoms with Crippen molar-refractivity contribution in [2.24, 2.45) is 0 Å². The number of alkyl halides is 2. The molecule has 0 aromatic carbocycles. The maximum atomic E-state index is 13.6. The molecule has 4 nitrogen and oxygen atoms in total. The van der Waals surface area contributed by atoms with Crippen LogP contribution in [0.4, 0.5) is 0 Å². The second kappa shape index (κ2) is 7.26. The van der Waals surface area contributed by atoms with E-state index in [1.165, 1.54) is 0 Å². The summed E-state index contributed by atoms with van der Waals surface area (Å²) in [5.74, 6) is 0. The Morgan fingerprint density at radius 3 is 2.45 bits per heavy atom. The molecule has 1 fully saturated rings. The van der Waals surface area contributed by atoms with Gasteiger partial charge in [0.05, 0.1) is 13.2 Å². The Bertz CT molecular complexity index is 368. The summed E-state index contributed by atoms with van der Waals surface area (Å²) in [6.45, 7) is 9.86. The number of hydrogen-bond donors (Lipinski definition) is 0. The van der Waals surface area contributed by atoms with Crippen molar-refractivity contribution in [3.63, 3.8) is 0 Å². The first-order valence-corrected chi connectivity index (χ1v) is 10.3. The molecule has 7 heteroatoms. The highest BCUT2D eigenvalue weighted by molar-refractivity contribution is 14.1. The van der Waals surface area contributed by atoms with Gasteiger partial charge in [-0.25, -0.2) is 4.67 Å². The molecule has 0 saturated carbocycles. The fourth-order valence-corrected chi connectivity index (χ4v) is 6.42. The third-order valence-electron chi connectivity index (χ3n) is 3.30. The SMILES string of the molecule is COC[C@@H]1CCCN1P(=O)(OCC(C)(C)Br)C(C)(C)I. The Labute approximate surface area is 145 Å². The van der Waals surface area contributed by atoms with Crippen LogP contribution in [-0.2, 0) is 13.8 Å². The molecular formula is C13H26BrINO3P. The van der Waals surface area contributed by atoms with Crippen LogP contribution in [0.15, 0.2) is 0 Å². The van der Waals surface area contributed by atoms with Gasteiger partial charge in [-0.1, -0.05) is 38.5 Å². The molecule has 1 heterocycles. The van der Waals surface area contributed by atoms with E-state index >= 15 is 0 Å². The number of halogens is 2. The number of methoxy groups -OCH3 is 1. The summed E-state index contributed by atoms with van der Waals surface area (Å²) in [5, 5.41) is 0. The van der Waals surface area contributed by atoms with E-state index < -0.39 is 10.7 Å². The Balaban J connectivity index is 2.97. The minimum absolute atomic E-state index is 0.180. The summed E-state index contributed by atoms with van der Waals surface area (Å²) < 4.78 is 26.3. The smallest absolute Gasteiger partial charge is 0.287 e. The molecule has 2 atom stereocenters. The van der Waals surface area contributed by atoms with E-state index in [9.17, 15) is 4.57 Å². The molecule has 0 amide bonds. The Kier molecular flexibility index (Phi) is 7.03. The number of hydrogen-bond acceptors (Lipinski definition) is 3. The van der Waals surface area contributed by atoms with E-state index in [0.29, 0.717) is 13.2 Å². The molecule has 1 rings (SSSR count). The minimum Gasteiger partial charge on any atom is -0.383 e. The molecule has 1 saturated heterocycles. The van der Waals surface area contributed by atoms with Gasteiger partial charge < -0.3 is 9.26 Å². The van der Waals surface area contributed by atoms with Crippen LogP contribution in [0.1, 0.15) is 40.5 Å². The van der Waals surface area contributed by atoms with E-state index in [2.05, 4.69) is 43.2 Å². The van der Waals surface area contributed by atoms with Gasteiger partial charge in [0.1, 0.15) is 3.16 Å². The lowest BCUT2D eigenvalue weighted by molar-refractivity contribution is 0.136. The quantitative estimate of drug-likeness (QED) is 0.301. The maximum absolute atomic E-state index is 13.6. The van der Waals surface area contributed by atoms with Crippen LogP contribution in [0.2, 0.25) is 0 Å². The average molecular weight is 482 g/mol. The van der Waals surface area contributed by atoms with Crippen molar-refractivity contribution in [2.45, 2.75) is 54.1 Å². The summed E-state index contributed by atoms with van der Waals surface area (Å²) in [6.07, 6.45) is 2.07. The van der Waals surface area contributed by atoms with Crippen molar-refractivity contribution in [2.75, 3.05) is 26.9 Å². The normalized spacial score (nSPS) is 24.9. The third-order valence-corrected chi connectivity index (χ3v) is 8.38. The number of ether oxygens (including phenoxy) is 1. The van der Waals surface area contributed by atoms with Gasteiger partial charge in [0.25, 0.3) is 7.52 Å². The van der Waals surface area contributed by atoms with Crippen molar-refractivity contribution in [1.82, 2.24) is 4.67 Å². The molecular weight excluding hydrogens is 456 g/mol. The lowest BCUT2D eigenvalue weighted by atomic mass is 10.2. The summed E-state index contributed by atoms with van der Waals surface area (Å²) in [5.41, 5.74) is 0. The molecule has 0 aliphatic carbocycles. The van der Waals surface area contributed by atoms with Crippen LogP contribution in [0, 0.1) is 0 Å². The van der Waals surface area contributed by atoms with E-state index in [4.69, 9.17) is 9.26 Å². The largest absolute Gasteiger partial charge is 0.383 e. The summed E-state index contributed by atoms with van der Waals surface area (Å²) in [6, 6.07) is 0.193. The van der Waals surface area contributed by atoms with Crippen LogP contribution >= 0.6 is 46.0 Å². The lowest BCUT2D eigenvalue weighted by Gasteiger charge is -2.39. The van der Waals surface area contributed by atoms with E-state index in [1.807, 2.05) is 27.7 Å². The Hall–Kier alpha value is 1.32. The molecule has 0 N–H and O–H groups in total. The minimum atomic E-state index is -2.92. The van der Waals surface area contributed by atoms with Gasteiger partial charge in [0.2, 0.25) is 0 Å². The molecule has 1 aliphatic heterocycles. The Morgan fingerprint density at radius 1 is 1.40 bits per heavy atom. The highest BCUT2D eigenvalue weighted by Gasteiger charge is 2.49. The molecule has 0 spiro atoms. The van der Waals surface area contributed by atoms with E-state index in [0.717, 1.165) is 19.4 Å². The van der Waals surface area contributed by atoms with Gasteiger partial charge in [0.15, 0.2) is 0 Å². The van der Waals surface area contributed by atoms with Crippen LogP contribution in [0.5, 0.6) is 0 Å². The molecule has 0 radical (unpaired) electrons. The summed E-state index contributed by atoms with van der Waals surface area (Å²) >= 11 is 5.81. The predicted octanol–water partition coefficient (Wildman–Crippen LogP) is 4.65. The maximum Gasteiger partial charge on any atom is 0.287 e. The highest BCUT2D eigenvalue weighted by atomic mass is 127. The molecule has 0 aromatic rings. The lowest BCUT2D eigenvalue weighted by Crippen LogP contribution is -2.37. The zero-order chi connectivity index (χ0) is 15.6. The first-order valence-electron chi connectivity index (χ1n) is 6.90. The standard InChI is InChI=1S/C13H26BrINO3P/c1-12(2,14)10-19-20(17,13(3,4)15)16-8-6-7-11(16)9-18-5/h11H,6-10H2,1-5H3/t11-,20?/m0/s1. The van der Waals surface area contributed by atoms with Crippen LogP contribution in [0.3, 0.4) is 0 Å². The topological polar surface area (TPSA) is 38.8 Å². The van der Waals surface area contributed by atoms with Gasteiger partial charge in [-0.05, 0) is 40.5 Å². The van der Waals surface area contributed by atoms with Crippen molar-refractivity contribution in [3.8, 4) is 0 Å². The van der Waals surface area contributed by atoms with Crippen molar-refractivity contribution in [1.29, 1.82) is 0 Å². The second-order valence-electron chi connectivity index (χ2n) is 6.34. The summed E-state index contributed by atoms with van der Waals surface area (Å²) in [7, 11) is -1.23. The zero-order valence-corrected chi connectivity index (χ0v) is 17.6. The Morgan fingerprint density at radius 2 is 2.00 bits per heavy atom. The first kappa shape index (κ1) is 19.4. The molecule has 1 unspecified atom stereocenters. The first-order chi connectivity index (χ1) is 9.01. The monoisotopic (exact) mass is 481 g/mol. The zero-order valence-electron chi connectivity index (χ0n) is 13.0. The molecule has 1 aliphatic rings. The third kappa shape index (κ3) is 4.92. The van der Waals surface area contributed by atoms with Gasteiger partial charge in [-0.15, -0.1) is 0 Å². The van der Waals surface area contributed by atoms with Crippen LogP contribution in [-0.4, -0.2) is 45.1 Å². The summed E-state index contributed by atoms with van der Waals surface area (Å²) in [4.78, 5) is 0. The number of rotatable bonds is 7. The molecule has 120 valence electrons. The fourth-order valence-electron chi connectivity index (χ4n) is 2.30.